The predicted molar refractivity (Wildman–Crippen MR) is 74.2 cm³/mol. The van der Waals surface area contributed by atoms with Gasteiger partial charge in [-0.25, -0.2) is 9.97 Å². The lowest BCUT2D eigenvalue weighted by molar-refractivity contribution is 0.863. The molecule has 2 heterocycles. The molecule has 0 saturated carbocycles. The van der Waals surface area contributed by atoms with Crippen molar-refractivity contribution in [3.8, 4) is 0 Å². The van der Waals surface area contributed by atoms with E-state index in [1.807, 2.05) is 17.8 Å². The number of allylic oxidation sites excluding steroid dienone is 2. The molecule has 0 amide bonds. The lowest BCUT2D eigenvalue weighted by Crippen LogP contribution is -2.13. The molecule has 2 atom stereocenters. The summed E-state index contributed by atoms with van der Waals surface area (Å²) in [6, 6.07) is 2.16. The SMILES string of the molecule is C1=CC2N=C(SCc3ncccn3)SC2C=C1. The molecule has 17 heavy (non-hydrogen) atoms. The number of hydrogen-bond acceptors (Lipinski definition) is 5. The van der Waals surface area contributed by atoms with E-state index in [1.165, 1.54) is 0 Å². The molecule has 1 aliphatic carbocycles. The average molecular weight is 261 g/mol. The Morgan fingerprint density at radius 3 is 2.82 bits per heavy atom. The summed E-state index contributed by atoms with van der Waals surface area (Å²) in [5.74, 6) is 1.65. The number of hydrogen-bond donors (Lipinski definition) is 0. The summed E-state index contributed by atoms with van der Waals surface area (Å²) < 4.78 is 1.14. The topological polar surface area (TPSA) is 38.1 Å². The van der Waals surface area contributed by atoms with Gasteiger partial charge in [-0.2, -0.15) is 0 Å². The second kappa shape index (κ2) is 5.06. The van der Waals surface area contributed by atoms with E-state index in [2.05, 4.69) is 39.3 Å². The van der Waals surface area contributed by atoms with Crippen LogP contribution in [0.2, 0.25) is 0 Å². The zero-order valence-electron chi connectivity index (χ0n) is 9.06. The van der Waals surface area contributed by atoms with Crippen LogP contribution in [0.25, 0.3) is 0 Å². The summed E-state index contributed by atoms with van der Waals surface area (Å²) >= 11 is 3.56. The lowest BCUT2D eigenvalue weighted by atomic mass is 10.1. The Kier molecular flexibility index (Phi) is 3.29. The Morgan fingerprint density at radius 1 is 1.18 bits per heavy atom. The number of nitrogens with zero attached hydrogens (tertiary/aromatic N) is 3. The third-order valence-corrected chi connectivity index (χ3v) is 4.90. The van der Waals surface area contributed by atoms with E-state index in [0.29, 0.717) is 11.3 Å². The van der Waals surface area contributed by atoms with Crippen LogP contribution in [0, 0.1) is 0 Å². The zero-order chi connectivity index (χ0) is 11.5. The number of aliphatic imine (C=N–C) groups is 1. The molecule has 0 fully saturated rings. The fraction of sp³-hybridized carbons (Fsp3) is 0.250. The maximum Gasteiger partial charge on any atom is 0.138 e. The van der Waals surface area contributed by atoms with Gasteiger partial charge in [0, 0.05) is 12.4 Å². The number of thioether (sulfide) groups is 2. The molecule has 3 nitrogen and oxygen atoms in total. The van der Waals surface area contributed by atoms with Crippen molar-refractivity contribution in [1.82, 2.24) is 9.97 Å². The van der Waals surface area contributed by atoms with Crippen molar-refractivity contribution in [2.24, 2.45) is 4.99 Å². The summed E-state index contributed by atoms with van der Waals surface area (Å²) in [5, 5.41) is 0.485. The zero-order valence-corrected chi connectivity index (χ0v) is 10.7. The third-order valence-electron chi connectivity index (χ3n) is 2.49. The standard InChI is InChI=1S/C12H11N3S2/c1-2-5-10-9(4-1)15-12(17-10)16-8-11-13-6-3-7-14-11/h1-7,9-10H,8H2. The van der Waals surface area contributed by atoms with Crippen LogP contribution >= 0.6 is 23.5 Å². The van der Waals surface area contributed by atoms with Gasteiger partial charge in [0.1, 0.15) is 10.2 Å². The van der Waals surface area contributed by atoms with E-state index in [0.717, 1.165) is 16.0 Å². The molecule has 0 radical (unpaired) electrons. The first-order chi connectivity index (χ1) is 8.42. The molecule has 86 valence electrons. The minimum atomic E-state index is 0.323. The molecule has 0 N–H and O–H groups in total. The van der Waals surface area contributed by atoms with E-state index in [-0.39, 0.29) is 0 Å². The van der Waals surface area contributed by atoms with Gasteiger partial charge in [-0.05, 0) is 6.07 Å². The third kappa shape index (κ3) is 2.61. The molecule has 1 aromatic rings. The highest BCUT2D eigenvalue weighted by Crippen LogP contribution is 2.36. The Labute approximate surface area is 109 Å². The summed E-state index contributed by atoms with van der Waals surface area (Å²) in [6.07, 6.45) is 12.1. The van der Waals surface area contributed by atoms with E-state index in [9.17, 15) is 0 Å². The first-order valence-corrected chi connectivity index (χ1v) is 7.26. The molecule has 5 heteroatoms. The van der Waals surface area contributed by atoms with Crippen LogP contribution in [0.4, 0.5) is 0 Å². The highest BCUT2D eigenvalue weighted by Gasteiger charge is 2.27. The van der Waals surface area contributed by atoms with Gasteiger partial charge < -0.3 is 0 Å². The van der Waals surface area contributed by atoms with Crippen molar-refractivity contribution >= 4 is 27.9 Å². The second-order valence-corrected chi connectivity index (χ2v) is 6.08. The van der Waals surface area contributed by atoms with E-state index >= 15 is 0 Å². The van der Waals surface area contributed by atoms with Crippen LogP contribution in [0.15, 0.2) is 47.8 Å². The van der Waals surface area contributed by atoms with Gasteiger partial charge in [0.2, 0.25) is 0 Å². The molecule has 0 bridgehead atoms. The fourth-order valence-electron chi connectivity index (χ4n) is 1.67. The van der Waals surface area contributed by atoms with Crippen LogP contribution in [-0.4, -0.2) is 25.6 Å². The van der Waals surface area contributed by atoms with Gasteiger partial charge in [0.15, 0.2) is 0 Å². The molecule has 0 saturated heterocycles. The molecule has 2 aliphatic rings. The highest BCUT2D eigenvalue weighted by molar-refractivity contribution is 8.39. The first-order valence-electron chi connectivity index (χ1n) is 5.40. The van der Waals surface area contributed by atoms with E-state index in [1.54, 1.807) is 24.2 Å². The van der Waals surface area contributed by atoms with Gasteiger partial charge in [0.25, 0.3) is 0 Å². The smallest absolute Gasteiger partial charge is 0.138 e. The molecule has 0 spiro atoms. The Balaban J connectivity index is 1.61. The molecular weight excluding hydrogens is 250 g/mol. The molecular formula is C12H11N3S2. The van der Waals surface area contributed by atoms with Crippen molar-refractivity contribution in [3.05, 3.63) is 48.6 Å². The Hall–Kier alpha value is -1.07. The van der Waals surface area contributed by atoms with Crippen molar-refractivity contribution < 1.29 is 0 Å². The largest absolute Gasteiger partial charge is 0.263 e. The maximum absolute atomic E-state index is 4.67. The Morgan fingerprint density at radius 2 is 2.00 bits per heavy atom. The predicted octanol–water partition coefficient (Wildman–Crippen LogP) is 2.68. The molecule has 1 aromatic heterocycles. The monoisotopic (exact) mass is 261 g/mol. The van der Waals surface area contributed by atoms with Crippen molar-refractivity contribution in [1.29, 1.82) is 0 Å². The van der Waals surface area contributed by atoms with Gasteiger partial charge >= 0.3 is 0 Å². The van der Waals surface area contributed by atoms with Crippen LogP contribution in [0.3, 0.4) is 0 Å². The summed E-state index contributed by atoms with van der Waals surface area (Å²) in [5.41, 5.74) is 0. The molecule has 2 unspecified atom stereocenters. The average Bonchev–Trinajstić information content (AvgIpc) is 2.80. The summed E-state index contributed by atoms with van der Waals surface area (Å²) in [4.78, 5) is 13.1. The van der Waals surface area contributed by atoms with E-state index < -0.39 is 0 Å². The Bertz CT molecular complexity index is 482. The van der Waals surface area contributed by atoms with Crippen LogP contribution in [0.5, 0.6) is 0 Å². The van der Waals surface area contributed by atoms with Gasteiger partial charge in [-0.15, -0.1) is 0 Å². The highest BCUT2D eigenvalue weighted by atomic mass is 32.2. The number of rotatable bonds is 2. The quantitative estimate of drug-likeness (QED) is 0.820. The van der Waals surface area contributed by atoms with E-state index in [4.69, 9.17) is 0 Å². The lowest BCUT2D eigenvalue weighted by Gasteiger charge is -2.10. The fourth-order valence-corrected chi connectivity index (χ4v) is 3.93. The molecule has 1 aliphatic heterocycles. The number of aromatic nitrogens is 2. The molecule has 3 rings (SSSR count). The van der Waals surface area contributed by atoms with Gasteiger partial charge in [-0.3, -0.25) is 4.99 Å². The van der Waals surface area contributed by atoms with Crippen molar-refractivity contribution in [2.45, 2.75) is 17.0 Å². The number of fused-ring (bicyclic) bond motifs is 1. The van der Waals surface area contributed by atoms with Crippen LogP contribution < -0.4 is 0 Å². The summed E-state index contributed by atoms with van der Waals surface area (Å²) in [7, 11) is 0. The van der Waals surface area contributed by atoms with Crippen LogP contribution in [-0.2, 0) is 5.75 Å². The van der Waals surface area contributed by atoms with Crippen molar-refractivity contribution in [2.75, 3.05) is 0 Å². The second-order valence-electron chi connectivity index (χ2n) is 3.69. The maximum atomic E-state index is 4.67. The van der Waals surface area contributed by atoms with Gasteiger partial charge in [-0.1, -0.05) is 47.8 Å². The minimum absolute atomic E-state index is 0.323. The van der Waals surface area contributed by atoms with Crippen LogP contribution in [0.1, 0.15) is 5.82 Å². The van der Waals surface area contributed by atoms with Gasteiger partial charge in [0.05, 0.1) is 17.0 Å². The van der Waals surface area contributed by atoms with Crippen molar-refractivity contribution in [3.63, 3.8) is 0 Å². The summed E-state index contributed by atoms with van der Waals surface area (Å²) in [6.45, 7) is 0. The molecule has 0 aromatic carbocycles. The normalized spacial score (nSPS) is 25.8. The minimum Gasteiger partial charge on any atom is -0.263 e. The first kappa shape index (κ1) is 11.0.